The van der Waals surface area contributed by atoms with Gasteiger partial charge in [0.2, 0.25) is 0 Å². The molecule has 1 fully saturated rings. The second kappa shape index (κ2) is 4.85. The molecule has 1 heterocycles. The first-order chi connectivity index (χ1) is 8.98. The zero-order chi connectivity index (χ0) is 13.6. The Bertz CT molecular complexity index is 457. The molecule has 106 valence electrons. The maximum Gasteiger partial charge on any atom is 0.113 e. The lowest BCUT2D eigenvalue weighted by molar-refractivity contribution is 0.247. The number of aromatic nitrogens is 1. The second-order valence-corrected chi connectivity index (χ2v) is 8.15. The monoisotopic (exact) mass is 278 g/mol. The van der Waals surface area contributed by atoms with Crippen molar-refractivity contribution in [1.82, 2.24) is 4.98 Å². The lowest BCUT2D eigenvalue weighted by Gasteiger charge is -2.34. The first kappa shape index (κ1) is 13.6. The molecule has 2 atom stereocenters. The summed E-state index contributed by atoms with van der Waals surface area (Å²) < 4.78 is 0. The van der Waals surface area contributed by atoms with Crippen LogP contribution in [0.4, 0.5) is 0 Å². The number of rotatable bonds is 1. The zero-order valence-electron chi connectivity index (χ0n) is 12.4. The molecule has 0 radical (unpaired) electrons. The van der Waals surface area contributed by atoms with E-state index in [2.05, 4.69) is 20.8 Å². The van der Waals surface area contributed by atoms with E-state index in [4.69, 9.17) is 10.7 Å². The van der Waals surface area contributed by atoms with Gasteiger partial charge in [0.15, 0.2) is 0 Å². The third-order valence-electron chi connectivity index (χ3n) is 5.07. The van der Waals surface area contributed by atoms with Gasteiger partial charge < -0.3 is 5.73 Å². The summed E-state index contributed by atoms with van der Waals surface area (Å²) in [4.78, 5) is 6.49. The molecule has 0 aliphatic heterocycles. The van der Waals surface area contributed by atoms with E-state index in [1.54, 1.807) is 0 Å². The summed E-state index contributed by atoms with van der Waals surface area (Å²) in [6, 6.07) is 0. The molecule has 0 amide bonds. The number of fused-ring (bicyclic) bond motifs is 1. The molecule has 0 saturated heterocycles. The van der Waals surface area contributed by atoms with Crippen molar-refractivity contribution in [2.75, 3.05) is 0 Å². The average molecular weight is 278 g/mol. The Balaban J connectivity index is 1.88. The molecule has 2 aliphatic carbocycles. The van der Waals surface area contributed by atoms with Crippen molar-refractivity contribution in [2.45, 2.75) is 70.8 Å². The molecule has 1 aromatic rings. The van der Waals surface area contributed by atoms with Gasteiger partial charge in [-0.25, -0.2) is 4.98 Å². The molecule has 2 aliphatic rings. The van der Waals surface area contributed by atoms with Crippen LogP contribution in [-0.2, 0) is 12.0 Å². The minimum atomic E-state index is -0.128. The Morgan fingerprint density at radius 3 is 2.53 bits per heavy atom. The van der Waals surface area contributed by atoms with E-state index in [9.17, 15) is 0 Å². The van der Waals surface area contributed by atoms with Gasteiger partial charge in [0, 0.05) is 4.88 Å². The van der Waals surface area contributed by atoms with E-state index < -0.39 is 0 Å². The van der Waals surface area contributed by atoms with Gasteiger partial charge in [-0.3, -0.25) is 0 Å². The number of nitrogens with two attached hydrogens (primary N) is 1. The van der Waals surface area contributed by atoms with Gasteiger partial charge in [0.05, 0.1) is 11.2 Å². The van der Waals surface area contributed by atoms with Crippen LogP contribution in [0.25, 0.3) is 0 Å². The van der Waals surface area contributed by atoms with Crippen LogP contribution in [0.1, 0.15) is 74.4 Å². The normalized spacial score (nSPS) is 39.1. The van der Waals surface area contributed by atoms with Gasteiger partial charge in [0.25, 0.3) is 0 Å². The van der Waals surface area contributed by atoms with E-state index in [1.807, 2.05) is 11.3 Å². The van der Waals surface area contributed by atoms with Gasteiger partial charge in [0.1, 0.15) is 5.01 Å². The average Bonchev–Trinajstić information content (AvgIpc) is 2.78. The summed E-state index contributed by atoms with van der Waals surface area (Å²) in [6.45, 7) is 7.04. The molecular formula is C16H26N2S. The highest BCUT2D eigenvalue weighted by molar-refractivity contribution is 7.12. The van der Waals surface area contributed by atoms with Crippen LogP contribution in [0.3, 0.4) is 0 Å². The standard InChI is InChI=1S/C16H26N2S/c1-10-4-6-16(17,7-5-10)15-18-13-9-11(2)8-12(3)14(13)19-15/h10-12H,4-9,17H2,1-3H3. The van der Waals surface area contributed by atoms with Crippen molar-refractivity contribution < 1.29 is 0 Å². The minimum absolute atomic E-state index is 0.128. The largest absolute Gasteiger partial charge is 0.319 e. The fourth-order valence-electron chi connectivity index (χ4n) is 3.72. The summed E-state index contributed by atoms with van der Waals surface area (Å²) >= 11 is 1.92. The SMILES string of the molecule is CC1CCC(N)(c2nc3c(s2)C(C)CC(C)C3)CC1. The molecule has 2 N–H and O–H groups in total. The molecule has 19 heavy (non-hydrogen) atoms. The third kappa shape index (κ3) is 2.47. The van der Waals surface area contributed by atoms with E-state index in [0.717, 1.165) is 31.1 Å². The van der Waals surface area contributed by atoms with Crippen LogP contribution in [0.15, 0.2) is 0 Å². The van der Waals surface area contributed by atoms with E-state index in [1.165, 1.54) is 34.8 Å². The molecule has 0 aromatic carbocycles. The second-order valence-electron chi connectivity index (χ2n) is 7.11. The van der Waals surface area contributed by atoms with Crippen LogP contribution in [-0.4, -0.2) is 4.98 Å². The zero-order valence-corrected chi connectivity index (χ0v) is 13.2. The van der Waals surface area contributed by atoms with Gasteiger partial charge in [-0.2, -0.15) is 0 Å². The minimum Gasteiger partial charge on any atom is -0.319 e. The summed E-state index contributed by atoms with van der Waals surface area (Å²) in [7, 11) is 0. The van der Waals surface area contributed by atoms with Crippen molar-refractivity contribution >= 4 is 11.3 Å². The molecule has 2 nitrogen and oxygen atoms in total. The predicted molar refractivity (Wildman–Crippen MR) is 81.5 cm³/mol. The molecule has 3 rings (SSSR count). The Hall–Kier alpha value is -0.410. The van der Waals surface area contributed by atoms with Crippen molar-refractivity contribution in [3.63, 3.8) is 0 Å². The quantitative estimate of drug-likeness (QED) is 0.836. The van der Waals surface area contributed by atoms with Crippen LogP contribution in [0, 0.1) is 11.8 Å². The summed E-state index contributed by atoms with van der Waals surface area (Å²) in [5.41, 5.74) is 7.91. The summed E-state index contributed by atoms with van der Waals surface area (Å²) in [5.74, 6) is 2.29. The highest BCUT2D eigenvalue weighted by Gasteiger charge is 2.37. The summed E-state index contributed by atoms with van der Waals surface area (Å²) in [5, 5.41) is 1.23. The van der Waals surface area contributed by atoms with E-state index >= 15 is 0 Å². The fourth-order valence-corrected chi connectivity index (χ4v) is 5.04. The van der Waals surface area contributed by atoms with Gasteiger partial charge in [-0.1, -0.05) is 20.8 Å². The van der Waals surface area contributed by atoms with E-state index in [0.29, 0.717) is 5.92 Å². The van der Waals surface area contributed by atoms with Gasteiger partial charge >= 0.3 is 0 Å². The van der Waals surface area contributed by atoms with Crippen molar-refractivity contribution in [3.05, 3.63) is 15.6 Å². The van der Waals surface area contributed by atoms with E-state index in [-0.39, 0.29) is 5.54 Å². The number of thiazole rings is 1. The fraction of sp³-hybridized carbons (Fsp3) is 0.812. The molecule has 1 saturated carbocycles. The third-order valence-corrected chi connectivity index (χ3v) is 6.61. The first-order valence-electron chi connectivity index (χ1n) is 7.77. The first-order valence-corrected chi connectivity index (χ1v) is 8.58. The Labute approximate surface area is 120 Å². The predicted octanol–water partition coefficient (Wildman–Crippen LogP) is 4.19. The lowest BCUT2D eigenvalue weighted by atomic mass is 9.78. The lowest BCUT2D eigenvalue weighted by Crippen LogP contribution is -2.40. The molecule has 0 spiro atoms. The summed E-state index contributed by atoms with van der Waals surface area (Å²) in [6.07, 6.45) is 7.21. The van der Waals surface area contributed by atoms with Crippen LogP contribution >= 0.6 is 11.3 Å². The number of nitrogens with zero attached hydrogens (tertiary/aromatic N) is 1. The van der Waals surface area contributed by atoms with Crippen molar-refractivity contribution in [1.29, 1.82) is 0 Å². The highest BCUT2D eigenvalue weighted by Crippen LogP contribution is 2.44. The smallest absolute Gasteiger partial charge is 0.113 e. The van der Waals surface area contributed by atoms with Crippen molar-refractivity contribution in [3.8, 4) is 0 Å². The number of hydrogen-bond acceptors (Lipinski definition) is 3. The molecule has 1 aromatic heterocycles. The maximum absolute atomic E-state index is 6.68. The molecular weight excluding hydrogens is 252 g/mol. The Morgan fingerprint density at radius 2 is 1.84 bits per heavy atom. The maximum atomic E-state index is 6.68. The topological polar surface area (TPSA) is 38.9 Å². The number of hydrogen-bond donors (Lipinski definition) is 1. The van der Waals surface area contributed by atoms with Crippen molar-refractivity contribution in [2.24, 2.45) is 17.6 Å². The Kier molecular flexibility index (Phi) is 3.46. The van der Waals surface area contributed by atoms with Crippen LogP contribution in [0.2, 0.25) is 0 Å². The molecule has 0 bridgehead atoms. The van der Waals surface area contributed by atoms with Crippen LogP contribution < -0.4 is 5.73 Å². The van der Waals surface area contributed by atoms with Crippen LogP contribution in [0.5, 0.6) is 0 Å². The molecule has 3 heteroatoms. The highest BCUT2D eigenvalue weighted by atomic mass is 32.1. The van der Waals surface area contributed by atoms with Gasteiger partial charge in [-0.05, 0) is 56.3 Å². The molecule has 2 unspecified atom stereocenters. The van der Waals surface area contributed by atoms with Gasteiger partial charge in [-0.15, -0.1) is 11.3 Å². The Morgan fingerprint density at radius 1 is 1.16 bits per heavy atom.